The molecule has 0 aliphatic rings. The molecule has 0 atom stereocenters. The number of hydrogen-bond acceptors (Lipinski definition) is 2. The van der Waals surface area contributed by atoms with Gasteiger partial charge in [0, 0.05) is 32.6 Å². The van der Waals surface area contributed by atoms with Crippen LogP contribution in [0.15, 0.2) is 33.4 Å². The number of rotatable bonds is 1. The van der Waals surface area contributed by atoms with Crippen molar-refractivity contribution in [3.63, 3.8) is 0 Å². The van der Waals surface area contributed by atoms with Crippen molar-refractivity contribution < 1.29 is 8.81 Å². The summed E-state index contributed by atoms with van der Waals surface area (Å²) in [6.07, 6.45) is 1.54. The van der Waals surface area contributed by atoms with Crippen LogP contribution in [0.1, 0.15) is 0 Å². The van der Waals surface area contributed by atoms with Crippen LogP contribution in [0.4, 0.5) is 4.39 Å². The smallest absolute Gasteiger partial charge is 0.257 e. The summed E-state index contributed by atoms with van der Waals surface area (Å²) < 4.78 is 19.1. The zero-order valence-corrected chi connectivity index (χ0v) is 10.5. The maximum Gasteiger partial charge on any atom is 0.257 e. The first-order chi connectivity index (χ1) is 6.66. The average Bonchev–Trinajstić information content (AvgIpc) is 2.51. The first-order valence-corrected chi connectivity index (χ1v) is 5.60. The van der Waals surface area contributed by atoms with Crippen LogP contribution in [-0.2, 0) is 0 Å². The molecule has 2 nitrogen and oxygen atoms in total. The van der Waals surface area contributed by atoms with Gasteiger partial charge in [-0.25, -0.2) is 9.37 Å². The molecular weight excluding hydrogens is 364 g/mol. The number of halogens is 3. The maximum absolute atomic E-state index is 12.8. The molecule has 0 fully saturated rings. The highest BCUT2D eigenvalue weighted by Gasteiger charge is 2.08. The minimum absolute atomic E-state index is 0.279. The van der Waals surface area contributed by atoms with Crippen molar-refractivity contribution in [3.05, 3.63) is 38.6 Å². The van der Waals surface area contributed by atoms with Crippen molar-refractivity contribution in [1.82, 2.24) is 4.98 Å². The monoisotopic (exact) mass is 367 g/mol. The molecule has 2 rings (SSSR count). The van der Waals surface area contributed by atoms with Crippen LogP contribution in [0.5, 0.6) is 0 Å². The SMILES string of the molecule is Fc1ccc(-c2coc(I)n2)c(Br)c1. The summed E-state index contributed by atoms with van der Waals surface area (Å²) in [5.74, 6) is -0.279. The summed E-state index contributed by atoms with van der Waals surface area (Å²) in [7, 11) is 0. The molecule has 0 bridgehead atoms. The summed E-state index contributed by atoms with van der Waals surface area (Å²) in [4.78, 5) is 4.14. The molecule has 0 spiro atoms. The van der Waals surface area contributed by atoms with Crippen LogP contribution in [-0.4, -0.2) is 4.98 Å². The Morgan fingerprint density at radius 2 is 2.21 bits per heavy atom. The minimum Gasteiger partial charge on any atom is -0.440 e. The van der Waals surface area contributed by atoms with Crippen LogP contribution in [0, 0.1) is 9.71 Å². The fraction of sp³-hybridized carbons (Fsp3) is 0. The summed E-state index contributed by atoms with van der Waals surface area (Å²) in [6, 6.07) is 4.45. The fourth-order valence-electron chi connectivity index (χ4n) is 1.07. The van der Waals surface area contributed by atoms with Gasteiger partial charge >= 0.3 is 0 Å². The molecule has 72 valence electrons. The van der Waals surface area contributed by atoms with E-state index in [0.29, 0.717) is 14.1 Å². The Balaban J connectivity index is 2.52. The van der Waals surface area contributed by atoms with E-state index in [1.165, 1.54) is 12.1 Å². The molecule has 0 aliphatic heterocycles. The van der Waals surface area contributed by atoms with Gasteiger partial charge in [-0.05, 0) is 34.1 Å². The lowest BCUT2D eigenvalue weighted by molar-refractivity contribution is 0.525. The number of nitrogens with zero attached hydrogens (tertiary/aromatic N) is 1. The third-order valence-electron chi connectivity index (χ3n) is 1.68. The molecule has 0 saturated heterocycles. The van der Waals surface area contributed by atoms with Crippen molar-refractivity contribution in [2.24, 2.45) is 0 Å². The Morgan fingerprint density at radius 1 is 1.43 bits per heavy atom. The quantitative estimate of drug-likeness (QED) is 0.715. The van der Waals surface area contributed by atoms with Gasteiger partial charge in [0.25, 0.3) is 3.90 Å². The van der Waals surface area contributed by atoms with Gasteiger partial charge in [-0.3, -0.25) is 0 Å². The number of benzene rings is 1. The first-order valence-electron chi connectivity index (χ1n) is 3.73. The second kappa shape index (κ2) is 3.98. The molecule has 0 aliphatic carbocycles. The average molecular weight is 368 g/mol. The van der Waals surface area contributed by atoms with Crippen molar-refractivity contribution in [3.8, 4) is 11.3 Å². The van der Waals surface area contributed by atoms with E-state index in [1.54, 1.807) is 12.3 Å². The van der Waals surface area contributed by atoms with E-state index in [9.17, 15) is 4.39 Å². The number of oxazole rings is 1. The Morgan fingerprint density at radius 3 is 2.79 bits per heavy atom. The van der Waals surface area contributed by atoms with Gasteiger partial charge in [0.2, 0.25) is 0 Å². The highest BCUT2D eigenvalue weighted by Crippen LogP contribution is 2.28. The fourth-order valence-corrected chi connectivity index (χ4v) is 2.01. The molecule has 14 heavy (non-hydrogen) atoms. The molecule has 1 heterocycles. The molecule has 0 saturated carbocycles. The predicted molar refractivity (Wildman–Crippen MR) is 62.3 cm³/mol. The van der Waals surface area contributed by atoms with Gasteiger partial charge in [-0.2, -0.15) is 0 Å². The lowest BCUT2D eigenvalue weighted by atomic mass is 10.2. The van der Waals surface area contributed by atoms with Crippen molar-refractivity contribution in [1.29, 1.82) is 0 Å². The molecule has 0 unspecified atom stereocenters. The Bertz CT molecular complexity index is 472. The van der Waals surface area contributed by atoms with Crippen LogP contribution < -0.4 is 0 Å². The Kier molecular flexibility index (Phi) is 2.87. The molecule has 1 aromatic heterocycles. The molecule has 0 amide bonds. The van der Waals surface area contributed by atoms with Crippen LogP contribution >= 0.6 is 38.5 Å². The van der Waals surface area contributed by atoms with Gasteiger partial charge in [-0.15, -0.1) is 0 Å². The second-order valence-electron chi connectivity index (χ2n) is 2.61. The van der Waals surface area contributed by atoms with Gasteiger partial charge in [0.1, 0.15) is 17.8 Å². The van der Waals surface area contributed by atoms with Gasteiger partial charge in [-0.1, -0.05) is 0 Å². The summed E-state index contributed by atoms with van der Waals surface area (Å²) in [5.41, 5.74) is 1.51. The van der Waals surface area contributed by atoms with E-state index in [2.05, 4.69) is 20.9 Å². The van der Waals surface area contributed by atoms with E-state index in [0.717, 1.165) is 5.56 Å². The van der Waals surface area contributed by atoms with E-state index in [4.69, 9.17) is 4.42 Å². The first kappa shape index (κ1) is 10.1. The van der Waals surface area contributed by atoms with Crippen molar-refractivity contribution in [2.45, 2.75) is 0 Å². The highest BCUT2D eigenvalue weighted by atomic mass is 127. The lowest BCUT2D eigenvalue weighted by Crippen LogP contribution is -1.82. The second-order valence-corrected chi connectivity index (χ2v) is 4.39. The summed E-state index contributed by atoms with van der Waals surface area (Å²) >= 11 is 5.25. The minimum atomic E-state index is -0.279. The summed E-state index contributed by atoms with van der Waals surface area (Å²) in [5, 5.41) is 0. The number of aromatic nitrogens is 1. The van der Waals surface area contributed by atoms with Crippen molar-refractivity contribution in [2.75, 3.05) is 0 Å². The van der Waals surface area contributed by atoms with Gasteiger partial charge < -0.3 is 4.42 Å². The Labute approximate surface area is 102 Å². The standard InChI is InChI=1S/C9H4BrFINO/c10-7-3-5(11)1-2-6(7)8-4-14-9(12)13-8/h1-4H. The zero-order valence-electron chi connectivity index (χ0n) is 6.80. The molecule has 0 N–H and O–H groups in total. The van der Waals surface area contributed by atoms with E-state index in [-0.39, 0.29) is 5.82 Å². The van der Waals surface area contributed by atoms with E-state index < -0.39 is 0 Å². The van der Waals surface area contributed by atoms with Crippen LogP contribution in [0.3, 0.4) is 0 Å². The molecule has 2 aromatic rings. The molecular formula is C9H4BrFINO. The predicted octanol–water partition coefficient (Wildman–Crippen LogP) is 3.85. The zero-order chi connectivity index (χ0) is 10.1. The molecule has 5 heteroatoms. The van der Waals surface area contributed by atoms with Gasteiger partial charge in [0.15, 0.2) is 0 Å². The third-order valence-corrected chi connectivity index (χ3v) is 2.83. The van der Waals surface area contributed by atoms with Crippen molar-refractivity contribution >= 4 is 38.5 Å². The molecule has 0 radical (unpaired) electrons. The topological polar surface area (TPSA) is 26.0 Å². The van der Waals surface area contributed by atoms with E-state index in [1.807, 2.05) is 22.6 Å². The number of hydrogen-bond donors (Lipinski definition) is 0. The normalized spacial score (nSPS) is 10.5. The van der Waals surface area contributed by atoms with E-state index >= 15 is 0 Å². The molecule has 1 aromatic carbocycles. The van der Waals surface area contributed by atoms with Gasteiger partial charge in [0.05, 0.1) is 0 Å². The Hall–Kier alpha value is -0.430. The highest BCUT2D eigenvalue weighted by molar-refractivity contribution is 14.1. The largest absolute Gasteiger partial charge is 0.440 e. The lowest BCUT2D eigenvalue weighted by Gasteiger charge is -1.99. The van der Waals surface area contributed by atoms with Crippen LogP contribution in [0.25, 0.3) is 11.3 Å². The maximum atomic E-state index is 12.8. The third kappa shape index (κ3) is 1.98. The van der Waals surface area contributed by atoms with Crippen LogP contribution in [0.2, 0.25) is 0 Å². The summed E-state index contributed by atoms with van der Waals surface area (Å²) in [6.45, 7) is 0.